The summed E-state index contributed by atoms with van der Waals surface area (Å²) >= 11 is 1.65. The molecule has 0 unspecified atom stereocenters. The molecule has 1 saturated heterocycles. The van der Waals surface area contributed by atoms with Gasteiger partial charge in [0.1, 0.15) is 0 Å². The number of aryl methyl sites for hydroxylation is 1. The zero-order valence-corrected chi connectivity index (χ0v) is 16.8. The van der Waals surface area contributed by atoms with Crippen LogP contribution in [0.3, 0.4) is 0 Å². The van der Waals surface area contributed by atoms with E-state index in [4.69, 9.17) is 9.47 Å². The van der Waals surface area contributed by atoms with Gasteiger partial charge in [-0.05, 0) is 31.5 Å². The molecule has 1 N–H and O–H groups in total. The molecule has 146 valence electrons. The predicted molar refractivity (Wildman–Crippen MR) is 107 cm³/mol. The highest BCUT2D eigenvalue weighted by molar-refractivity contribution is 7.13. The second kappa shape index (κ2) is 8.94. The van der Waals surface area contributed by atoms with E-state index in [1.807, 2.05) is 36.9 Å². The van der Waals surface area contributed by atoms with Crippen molar-refractivity contribution >= 4 is 22.5 Å². The lowest BCUT2D eigenvalue weighted by Gasteiger charge is -2.34. The van der Waals surface area contributed by atoms with Crippen molar-refractivity contribution in [1.82, 2.24) is 15.2 Å². The van der Waals surface area contributed by atoms with Crippen molar-refractivity contribution in [2.75, 3.05) is 44.8 Å². The van der Waals surface area contributed by atoms with Gasteiger partial charge in [-0.25, -0.2) is 9.78 Å². The van der Waals surface area contributed by atoms with Gasteiger partial charge in [-0.1, -0.05) is 6.07 Å². The van der Waals surface area contributed by atoms with Crippen molar-refractivity contribution in [3.8, 4) is 11.5 Å². The summed E-state index contributed by atoms with van der Waals surface area (Å²) in [5.41, 5.74) is 2.02. The minimum Gasteiger partial charge on any atom is -0.493 e. The lowest BCUT2D eigenvalue weighted by Crippen LogP contribution is -2.51. The molecule has 0 radical (unpaired) electrons. The van der Waals surface area contributed by atoms with Crippen LogP contribution in [0.1, 0.15) is 18.2 Å². The Labute approximate surface area is 163 Å². The molecule has 1 aliphatic heterocycles. The zero-order valence-electron chi connectivity index (χ0n) is 16.0. The number of nitrogens with one attached hydrogen (secondary N) is 1. The number of hydrogen-bond donors (Lipinski definition) is 1. The second-order valence-corrected chi connectivity index (χ2v) is 7.16. The Kier molecular flexibility index (Phi) is 6.39. The first-order valence-corrected chi connectivity index (χ1v) is 9.98. The summed E-state index contributed by atoms with van der Waals surface area (Å²) in [7, 11) is 1.61. The van der Waals surface area contributed by atoms with Gasteiger partial charge in [0.25, 0.3) is 0 Å². The van der Waals surface area contributed by atoms with Gasteiger partial charge in [0.2, 0.25) is 0 Å². The number of urea groups is 1. The first-order valence-electron chi connectivity index (χ1n) is 9.10. The quantitative estimate of drug-likeness (QED) is 0.822. The topological polar surface area (TPSA) is 66.9 Å². The van der Waals surface area contributed by atoms with Gasteiger partial charge in [-0.2, -0.15) is 0 Å². The van der Waals surface area contributed by atoms with Crippen molar-refractivity contribution in [3.05, 3.63) is 34.8 Å². The van der Waals surface area contributed by atoms with Crippen molar-refractivity contribution in [3.63, 3.8) is 0 Å². The molecule has 0 atom stereocenters. The van der Waals surface area contributed by atoms with E-state index in [2.05, 4.69) is 20.6 Å². The summed E-state index contributed by atoms with van der Waals surface area (Å²) in [6, 6.07) is 5.67. The van der Waals surface area contributed by atoms with Crippen molar-refractivity contribution < 1.29 is 14.3 Å². The number of ether oxygens (including phenoxy) is 2. The van der Waals surface area contributed by atoms with Crippen LogP contribution in [0.15, 0.2) is 23.6 Å². The summed E-state index contributed by atoms with van der Waals surface area (Å²) in [5.74, 6) is 1.39. The molecular weight excluding hydrogens is 364 g/mol. The van der Waals surface area contributed by atoms with Crippen LogP contribution in [-0.2, 0) is 6.54 Å². The molecule has 2 aromatic rings. The molecule has 8 heteroatoms. The molecule has 1 aromatic heterocycles. The van der Waals surface area contributed by atoms with E-state index in [1.54, 1.807) is 18.4 Å². The highest BCUT2D eigenvalue weighted by Crippen LogP contribution is 2.28. The van der Waals surface area contributed by atoms with E-state index >= 15 is 0 Å². The molecule has 2 amide bonds. The molecule has 2 heterocycles. The Morgan fingerprint density at radius 3 is 2.67 bits per heavy atom. The number of anilines is 1. The third-order valence-electron chi connectivity index (χ3n) is 4.42. The molecule has 1 aromatic carbocycles. The number of amides is 2. The largest absolute Gasteiger partial charge is 0.493 e. The monoisotopic (exact) mass is 390 g/mol. The number of nitrogens with zero attached hydrogens (tertiary/aromatic N) is 3. The Hall–Kier alpha value is -2.48. The van der Waals surface area contributed by atoms with Crippen molar-refractivity contribution in [2.24, 2.45) is 0 Å². The molecule has 0 spiro atoms. The molecular formula is C19H26N4O3S. The third kappa shape index (κ3) is 4.82. The van der Waals surface area contributed by atoms with Crippen LogP contribution in [0.2, 0.25) is 0 Å². The fraction of sp³-hybridized carbons (Fsp3) is 0.474. The molecule has 27 heavy (non-hydrogen) atoms. The standard InChI is InChI=1S/C19H26N4O3S/c1-4-26-16-6-5-15(11-17(16)25-3)12-20-18(24)22-7-9-23(10-8-22)19-21-14(2)13-27-19/h5-6,11,13H,4,7-10,12H2,1-3H3,(H,20,24). The van der Waals surface area contributed by atoms with Crippen LogP contribution in [0.5, 0.6) is 11.5 Å². The van der Waals surface area contributed by atoms with Crippen LogP contribution in [0, 0.1) is 6.92 Å². The minimum atomic E-state index is -0.0437. The van der Waals surface area contributed by atoms with E-state index in [0.717, 1.165) is 29.5 Å². The average Bonchev–Trinajstić information content (AvgIpc) is 3.13. The zero-order chi connectivity index (χ0) is 19.2. The molecule has 3 rings (SSSR count). The number of thiazole rings is 1. The maximum Gasteiger partial charge on any atom is 0.317 e. The molecule has 1 fully saturated rings. The number of piperazine rings is 1. The molecule has 0 bridgehead atoms. The van der Waals surface area contributed by atoms with E-state index in [1.165, 1.54) is 0 Å². The number of hydrogen-bond acceptors (Lipinski definition) is 6. The van der Waals surface area contributed by atoms with Gasteiger partial charge in [0, 0.05) is 38.1 Å². The van der Waals surface area contributed by atoms with Crippen molar-refractivity contribution in [2.45, 2.75) is 20.4 Å². The molecule has 0 saturated carbocycles. The SMILES string of the molecule is CCOc1ccc(CNC(=O)N2CCN(c3nc(C)cs3)CC2)cc1OC. The highest BCUT2D eigenvalue weighted by atomic mass is 32.1. The summed E-state index contributed by atoms with van der Waals surface area (Å²) in [5, 5.41) is 6.08. The first kappa shape index (κ1) is 19.3. The fourth-order valence-electron chi connectivity index (χ4n) is 2.97. The van der Waals surface area contributed by atoms with Gasteiger partial charge in [-0.3, -0.25) is 0 Å². The van der Waals surface area contributed by atoms with Crippen molar-refractivity contribution in [1.29, 1.82) is 0 Å². The first-order chi connectivity index (χ1) is 13.1. The van der Waals surface area contributed by atoms with Gasteiger partial charge < -0.3 is 24.6 Å². The molecule has 0 aliphatic carbocycles. The summed E-state index contributed by atoms with van der Waals surface area (Å²) in [6.45, 7) is 7.96. The number of carbonyl (C=O) groups excluding carboxylic acids is 1. The average molecular weight is 391 g/mol. The van der Waals surface area contributed by atoms with Crippen LogP contribution < -0.4 is 19.7 Å². The summed E-state index contributed by atoms with van der Waals surface area (Å²) in [6.07, 6.45) is 0. The Morgan fingerprint density at radius 2 is 2.04 bits per heavy atom. The predicted octanol–water partition coefficient (Wildman–Crippen LogP) is 2.89. The van der Waals surface area contributed by atoms with Crippen LogP contribution in [0.4, 0.5) is 9.93 Å². The van der Waals surface area contributed by atoms with E-state index in [-0.39, 0.29) is 6.03 Å². The number of benzene rings is 1. The molecule has 1 aliphatic rings. The highest BCUT2D eigenvalue weighted by Gasteiger charge is 2.22. The third-order valence-corrected chi connectivity index (χ3v) is 5.44. The van der Waals surface area contributed by atoms with E-state index in [9.17, 15) is 4.79 Å². The smallest absolute Gasteiger partial charge is 0.317 e. The van der Waals surface area contributed by atoms with Crippen LogP contribution >= 0.6 is 11.3 Å². The van der Waals surface area contributed by atoms with Gasteiger partial charge in [0.05, 0.1) is 19.4 Å². The summed E-state index contributed by atoms with van der Waals surface area (Å²) < 4.78 is 10.9. The summed E-state index contributed by atoms with van der Waals surface area (Å²) in [4.78, 5) is 21.1. The lowest BCUT2D eigenvalue weighted by molar-refractivity contribution is 0.194. The fourth-order valence-corrected chi connectivity index (χ4v) is 3.83. The lowest BCUT2D eigenvalue weighted by atomic mass is 10.2. The normalized spacial score (nSPS) is 14.2. The Balaban J connectivity index is 1.50. The maximum absolute atomic E-state index is 12.5. The van der Waals surface area contributed by atoms with E-state index < -0.39 is 0 Å². The van der Waals surface area contributed by atoms with E-state index in [0.29, 0.717) is 37.7 Å². The number of aromatic nitrogens is 1. The van der Waals surface area contributed by atoms with Gasteiger partial charge >= 0.3 is 6.03 Å². The Bertz CT molecular complexity index is 772. The van der Waals surface area contributed by atoms with Gasteiger partial charge in [-0.15, -0.1) is 11.3 Å². The molecule has 7 nitrogen and oxygen atoms in total. The van der Waals surface area contributed by atoms with Crippen LogP contribution in [0.25, 0.3) is 0 Å². The Morgan fingerprint density at radius 1 is 1.26 bits per heavy atom. The minimum absolute atomic E-state index is 0.0437. The number of rotatable bonds is 6. The van der Waals surface area contributed by atoms with Crippen LogP contribution in [-0.4, -0.2) is 55.8 Å². The number of carbonyl (C=O) groups is 1. The maximum atomic E-state index is 12.5. The van der Waals surface area contributed by atoms with Gasteiger partial charge in [0.15, 0.2) is 16.6 Å². The number of methoxy groups -OCH3 is 1. The second-order valence-electron chi connectivity index (χ2n) is 6.32.